The van der Waals surface area contributed by atoms with Crippen molar-refractivity contribution in [3.63, 3.8) is 0 Å². The molecular weight excluding hydrogens is 204 g/mol. The van der Waals surface area contributed by atoms with E-state index in [9.17, 15) is 4.79 Å². The molecule has 0 saturated heterocycles. The fraction of sp³-hybridized carbons (Fsp3) is 0.917. The third-order valence-electron chi connectivity index (χ3n) is 2.51. The highest BCUT2D eigenvalue weighted by Gasteiger charge is 2.12. The Balaban J connectivity index is 3.82. The molecular formula is C12H26N2O2. The molecule has 0 aliphatic rings. The lowest BCUT2D eigenvalue weighted by Crippen LogP contribution is -2.42. The lowest BCUT2D eigenvalue weighted by molar-refractivity contribution is -0.122. The minimum atomic E-state index is 0.0443. The van der Waals surface area contributed by atoms with Crippen molar-refractivity contribution >= 4 is 5.91 Å². The predicted molar refractivity (Wildman–Crippen MR) is 66.3 cm³/mol. The zero-order valence-electron chi connectivity index (χ0n) is 11.0. The molecule has 0 bridgehead atoms. The maximum Gasteiger partial charge on any atom is 0.234 e. The second-order valence-corrected chi connectivity index (χ2v) is 4.82. The molecule has 0 spiro atoms. The molecule has 0 aromatic heterocycles. The third-order valence-corrected chi connectivity index (χ3v) is 2.51. The number of aliphatic hydroxyl groups excluding tert-OH is 1. The zero-order chi connectivity index (χ0) is 12.6. The van der Waals surface area contributed by atoms with Crippen LogP contribution < -0.4 is 5.32 Å². The highest BCUT2D eigenvalue weighted by atomic mass is 16.3. The molecule has 0 heterocycles. The van der Waals surface area contributed by atoms with Gasteiger partial charge in [0.05, 0.1) is 13.2 Å². The first kappa shape index (κ1) is 15.4. The number of nitrogens with one attached hydrogen (secondary N) is 1. The van der Waals surface area contributed by atoms with Gasteiger partial charge >= 0.3 is 0 Å². The molecule has 0 saturated carbocycles. The van der Waals surface area contributed by atoms with Crippen LogP contribution in [0.1, 0.15) is 34.1 Å². The van der Waals surface area contributed by atoms with Gasteiger partial charge in [0.15, 0.2) is 0 Å². The van der Waals surface area contributed by atoms with Crippen molar-refractivity contribution in [1.29, 1.82) is 0 Å². The molecule has 4 heteroatoms. The summed E-state index contributed by atoms with van der Waals surface area (Å²) in [5, 5.41) is 11.8. The summed E-state index contributed by atoms with van der Waals surface area (Å²) in [5.41, 5.74) is 0. The van der Waals surface area contributed by atoms with Gasteiger partial charge in [-0.1, -0.05) is 13.8 Å². The quantitative estimate of drug-likeness (QED) is 0.650. The average molecular weight is 230 g/mol. The minimum absolute atomic E-state index is 0.0443. The fourth-order valence-corrected chi connectivity index (χ4v) is 1.39. The van der Waals surface area contributed by atoms with Gasteiger partial charge in [0, 0.05) is 19.1 Å². The van der Waals surface area contributed by atoms with Crippen molar-refractivity contribution in [2.45, 2.75) is 40.2 Å². The Labute approximate surface area is 99.0 Å². The zero-order valence-corrected chi connectivity index (χ0v) is 11.0. The Morgan fingerprint density at radius 2 is 1.94 bits per heavy atom. The molecule has 4 nitrogen and oxygen atoms in total. The van der Waals surface area contributed by atoms with Gasteiger partial charge in [-0.15, -0.1) is 0 Å². The van der Waals surface area contributed by atoms with E-state index in [-0.39, 0.29) is 18.6 Å². The van der Waals surface area contributed by atoms with Crippen LogP contribution in [-0.2, 0) is 4.79 Å². The molecule has 0 unspecified atom stereocenters. The van der Waals surface area contributed by atoms with Crippen LogP contribution in [-0.4, -0.2) is 48.2 Å². The third kappa shape index (κ3) is 7.65. The van der Waals surface area contributed by atoms with Crippen LogP contribution >= 0.6 is 0 Å². The molecule has 16 heavy (non-hydrogen) atoms. The maximum atomic E-state index is 11.6. The Hall–Kier alpha value is -0.610. The normalized spacial score (nSPS) is 11.5. The molecule has 0 aromatic rings. The number of carbonyl (C=O) groups excluding carboxylic acids is 1. The molecule has 0 radical (unpaired) electrons. The number of nitrogens with zero attached hydrogens (tertiary/aromatic N) is 1. The molecule has 0 rings (SSSR count). The molecule has 0 fully saturated rings. The van der Waals surface area contributed by atoms with Crippen LogP contribution in [0.15, 0.2) is 0 Å². The lowest BCUT2D eigenvalue weighted by atomic mass is 10.1. The Kier molecular flexibility index (Phi) is 8.21. The highest BCUT2D eigenvalue weighted by Crippen LogP contribution is 1.98. The smallest absolute Gasteiger partial charge is 0.234 e. The summed E-state index contributed by atoms with van der Waals surface area (Å²) in [5.74, 6) is 0.654. The summed E-state index contributed by atoms with van der Waals surface area (Å²) in [6.07, 6.45) is 1.01. The van der Waals surface area contributed by atoms with E-state index in [2.05, 4.69) is 19.2 Å². The average Bonchev–Trinajstić information content (AvgIpc) is 2.16. The van der Waals surface area contributed by atoms with Crippen LogP contribution in [0.2, 0.25) is 0 Å². The summed E-state index contributed by atoms with van der Waals surface area (Å²) >= 11 is 0. The standard InChI is InChI=1S/C12H26N2O2/c1-10(2)5-6-13-12(16)9-14(7-8-15)11(3)4/h10-11,15H,5-9H2,1-4H3,(H,13,16). The van der Waals surface area contributed by atoms with Crippen LogP contribution in [0.3, 0.4) is 0 Å². The van der Waals surface area contributed by atoms with Crippen LogP contribution in [0.25, 0.3) is 0 Å². The first-order valence-corrected chi connectivity index (χ1v) is 6.09. The summed E-state index contributed by atoms with van der Waals surface area (Å²) in [6.45, 7) is 10.1. The Bertz CT molecular complexity index is 193. The number of aliphatic hydroxyl groups is 1. The molecule has 0 aliphatic heterocycles. The number of carbonyl (C=O) groups is 1. The number of hydrogen-bond donors (Lipinski definition) is 2. The van der Waals surface area contributed by atoms with E-state index < -0.39 is 0 Å². The van der Waals surface area contributed by atoms with E-state index in [1.807, 2.05) is 18.7 Å². The van der Waals surface area contributed by atoms with Gasteiger partial charge in [-0.2, -0.15) is 0 Å². The fourth-order valence-electron chi connectivity index (χ4n) is 1.39. The first-order chi connectivity index (χ1) is 7.47. The Morgan fingerprint density at radius 1 is 1.31 bits per heavy atom. The molecule has 1 amide bonds. The summed E-state index contributed by atoms with van der Waals surface area (Å²) in [7, 11) is 0. The van der Waals surface area contributed by atoms with Gasteiger partial charge in [-0.25, -0.2) is 0 Å². The van der Waals surface area contributed by atoms with Crippen molar-refractivity contribution in [3.05, 3.63) is 0 Å². The monoisotopic (exact) mass is 230 g/mol. The van der Waals surface area contributed by atoms with Gasteiger partial charge in [-0.05, 0) is 26.2 Å². The van der Waals surface area contributed by atoms with Gasteiger partial charge in [0.1, 0.15) is 0 Å². The summed E-state index contributed by atoms with van der Waals surface area (Å²) in [6, 6.07) is 0.281. The van der Waals surface area contributed by atoms with E-state index in [0.29, 0.717) is 19.0 Å². The molecule has 0 aromatic carbocycles. The minimum Gasteiger partial charge on any atom is -0.395 e. The van der Waals surface area contributed by atoms with Crippen molar-refractivity contribution in [3.8, 4) is 0 Å². The van der Waals surface area contributed by atoms with Crippen molar-refractivity contribution in [2.75, 3.05) is 26.2 Å². The van der Waals surface area contributed by atoms with E-state index >= 15 is 0 Å². The van der Waals surface area contributed by atoms with Crippen LogP contribution in [0.5, 0.6) is 0 Å². The van der Waals surface area contributed by atoms with Crippen molar-refractivity contribution in [1.82, 2.24) is 10.2 Å². The largest absolute Gasteiger partial charge is 0.395 e. The number of hydrogen-bond acceptors (Lipinski definition) is 3. The van der Waals surface area contributed by atoms with Gasteiger partial charge in [0.2, 0.25) is 5.91 Å². The van der Waals surface area contributed by atoms with Crippen molar-refractivity contribution < 1.29 is 9.90 Å². The maximum absolute atomic E-state index is 11.6. The Morgan fingerprint density at radius 3 is 2.38 bits per heavy atom. The SMILES string of the molecule is CC(C)CCNC(=O)CN(CCO)C(C)C. The van der Waals surface area contributed by atoms with Crippen molar-refractivity contribution in [2.24, 2.45) is 5.92 Å². The highest BCUT2D eigenvalue weighted by molar-refractivity contribution is 5.78. The second-order valence-electron chi connectivity index (χ2n) is 4.82. The van der Waals surface area contributed by atoms with Gasteiger partial charge in [-0.3, -0.25) is 9.69 Å². The van der Waals surface area contributed by atoms with E-state index in [1.54, 1.807) is 0 Å². The van der Waals surface area contributed by atoms with E-state index in [4.69, 9.17) is 5.11 Å². The van der Waals surface area contributed by atoms with Crippen LogP contribution in [0.4, 0.5) is 0 Å². The molecule has 0 atom stereocenters. The lowest BCUT2D eigenvalue weighted by Gasteiger charge is -2.24. The topological polar surface area (TPSA) is 52.6 Å². The molecule has 0 aliphatic carbocycles. The first-order valence-electron chi connectivity index (χ1n) is 6.09. The number of amides is 1. The predicted octanol–water partition coefficient (Wildman–Crippen LogP) is 0.851. The molecule has 2 N–H and O–H groups in total. The summed E-state index contributed by atoms with van der Waals surface area (Å²) in [4.78, 5) is 13.5. The van der Waals surface area contributed by atoms with E-state index in [1.165, 1.54) is 0 Å². The summed E-state index contributed by atoms with van der Waals surface area (Å²) < 4.78 is 0. The number of rotatable bonds is 8. The molecule has 96 valence electrons. The van der Waals surface area contributed by atoms with Crippen LogP contribution in [0, 0.1) is 5.92 Å². The van der Waals surface area contributed by atoms with Gasteiger partial charge < -0.3 is 10.4 Å². The second kappa shape index (κ2) is 8.53. The van der Waals surface area contributed by atoms with Gasteiger partial charge in [0.25, 0.3) is 0 Å². The van der Waals surface area contributed by atoms with E-state index in [0.717, 1.165) is 13.0 Å².